The minimum absolute atomic E-state index is 0.0105. The number of carboxylic acids is 2. The van der Waals surface area contributed by atoms with Gasteiger partial charge in [-0.3, -0.25) is 0 Å². The first-order valence-electron chi connectivity index (χ1n) is 5.17. The number of benzene rings is 1. The number of aliphatic carboxylic acids is 2. The van der Waals surface area contributed by atoms with Crippen LogP contribution in [0.5, 0.6) is 0 Å². The van der Waals surface area contributed by atoms with Crippen molar-refractivity contribution in [3.05, 3.63) is 65.8 Å². The maximum Gasteiger partial charge on any atom is 0.335 e. The van der Waals surface area contributed by atoms with Crippen molar-refractivity contribution in [3.8, 4) is 0 Å². The van der Waals surface area contributed by atoms with E-state index >= 15 is 0 Å². The maximum absolute atomic E-state index is 10.9. The van der Waals surface area contributed by atoms with Crippen molar-refractivity contribution in [2.45, 2.75) is 0 Å². The zero-order valence-electron chi connectivity index (χ0n) is 9.48. The molecule has 0 saturated heterocycles. The summed E-state index contributed by atoms with van der Waals surface area (Å²) in [5.74, 6) is -2.24. The Balaban J connectivity index is 2.85. The molecule has 0 aliphatic heterocycles. The predicted octanol–water partition coefficient (Wildman–Crippen LogP) is 2.35. The molecule has 0 aliphatic carbocycles. The topological polar surface area (TPSA) is 74.6 Å². The molecule has 0 fully saturated rings. The molecule has 0 saturated carbocycles. The van der Waals surface area contributed by atoms with Crippen LogP contribution in [0.25, 0.3) is 6.08 Å². The van der Waals surface area contributed by atoms with E-state index < -0.39 is 11.9 Å². The third-order valence-corrected chi connectivity index (χ3v) is 2.02. The van der Waals surface area contributed by atoms with E-state index in [1.165, 1.54) is 18.2 Å². The lowest BCUT2D eigenvalue weighted by molar-refractivity contribution is -0.133. The van der Waals surface area contributed by atoms with Crippen molar-refractivity contribution >= 4 is 18.0 Å². The lowest BCUT2D eigenvalue weighted by Crippen LogP contribution is -1.97. The van der Waals surface area contributed by atoms with Crippen molar-refractivity contribution in [2.24, 2.45) is 0 Å². The smallest absolute Gasteiger partial charge is 0.335 e. The minimum Gasteiger partial charge on any atom is -0.478 e. The fraction of sp³-hybridized carbons (Fsp3) is 0. The van der Waals surface area contributed by atoms with Gasteiger partial charge >= 0.3 is 11.9 Å². The van der Waals surface area contributed by atoms with Gasteiger partial charge in [0.2, 0.25) is 0 Å². The molecule has 0 radical (unpaired) electrons. The van der Waals surface area contributed by atoms with E-state index in [4.69, 9.17) is 10.2 Å². The standard InChI is InChI=1S/C14H12O4/c15-13(16)8-4-7-12(14(17)18)10-9-11-5-2-1-3-6-11/h1-10H,(H,15,16)(H,17,18). The highest BCUT2D eigenvalue weighted by molar-refractivity contribution is 5.92. The van der Waals surface area contributed by atoms with Crippen LogP contribution in [0.3, 0.4) is 0 Å². The third kappa shape index (κ3) is 4.94. The van der Waals surface area contributed by atoms with Crippen LogP contribution in [0, 0.1) is 0 Å². The van der Waals surface area contributed by atoms with Crippen molar-refractivity contribution in [2.75, 3.05) is 0 Å². The predicted molar refractivity (Wildman–Crippen MR) is 68.0 cm³/mol. The van der Waals surface area contributed by atoms with Crippen molar-refractivity contribution < 1.29 is 19.8 Å². The molecule has 0 bridgehead atoms. The number of carboxylic acid groups (broad SMARTS) is 2. The van der Waals surface area contributed by atoms with Crippen LogP contribution in [0.15, 0.2) is 60.2 Å². The Kier molecular flexibility index (Phi) is 5.12. The van der Waals surface area contributed by atoms with Crippen molar-refractivity contribution in [1.82, 2.24) is 0 Å². The van der Waals surface area contributed by atoms with Crippen LogP contribution in [0.1, 0.15) is 5.56 Å². The largest absolute Gasteiger partial charge is 0.478 e. The molecule has 0 aliphatic rings. The summed E-state index contributed by atoms with van der Waals surface area (Å²) in [7, 11) is 0. The quantitative estimate of drug-likeness (QED) is 0.616. The minimum atomic E-state index is -1.12. The zero-order chi connectivity index (χ0) is 13.4. The van der Waals surface area contributed by atoms with Crippen LogP contribution in [-0.2, 0) is 9.59 Å². The summed E-state index contributed by atoms with van der Waals surface area (Å²) in [6, 6.07) is 9.22. The Hall–Kier alpha value is -2.62. The molecule has 1 aromatic carbocycles. The Bertz CT molecular complexity index is 510. The molecule has 1 aromatic rings. The fourth-order valence-corrected chi connectivity index (χ4v) is 1.18. The van der Waals surface area contributed by atoms with E-state index in [0.717, 1.165) is 11.6 Å². The summed E-state index contributed by atoms with van der Waals surface area (Å²) in [5, 5.41) is 17.3. The van der Waals surface area contributed by atoms with Gasteiger partial charge < -0.3 is 10.2 Å². The summed E-state index contributed by atoms with van der Waals surface area (Å²) in [4.78, 5) is 21.1. The second-order valence-electron chi connectivity index (χ2n) is 3.37. The van der Waals surface area contributed by atoms with E-state index in [9.17, 15) is 9.59 Å². The normalized spacial score (nSPS) is 12.1. The van der Waals surface area contributed by atoms with Crippen LogP contribution in [0.4, 0.5) is 0 Å². The highest BCUT2D eigenvalue weighted by atomic mass is 16.4. The number of carbonyl (C=O) groups is 2. The van der Waals surface area contributed by atoms with Crippen LogP contribution < -0.4 is 0 Å². The summed E-state index contributed by atoms with van der Waals surface area (Å²) in [5.41, 5.74) is 0.878. The van der Waals surface area contributed by atoms with Gasteiger partial charge in [0.15, 0.2) is 0 Å². The molecular formula is C14H12O4. The highest BCUT2D eigenvalue weighted by Crippen LogP contribution is 2.05. The van der Waals surface area contributed by atoms with Crippen molar-refractivity contribution in [3.63, 3.8) is 0 Å². The van der Waals surface area contributed by atoms with E-state index in [1.807, 2.05) is 30.3 Å². The van der Waals surface area contributed by atoms with Gasteiger partial charge in [-0.05, 0) is 17.7 Å². The summed E-state index contributed by atoms with van der Waals surface area (Å²) in [6.45, 7) is 0. The van der Waals surface area contributed by atoms with E-state index in [-0.39, 0.29) is 5.57 Å². The molecule has 1 rings (SSSR count). The summed E-state index contributed by atoms with van der Waals surface area (Å²) in [6.07, 6.45) is 6.36. The lowest BCUT2D eigenvalue weighted by atomic mass is 10.1. The second-order valence-corrected chi connectivity index (χ2v) is 3.37. The van der Waals surface area contributed by atoms with Gasteiger partial charge in [0, 0.05) is 6.08 Å². The fourth-order valence-electron chi connectivity index (χ4n) is 1.18. The second kappa shape index (κ2) is 6.85. The molecule has 0 amide bonds. The molecule has 0 unspecified atom stereocenters. The third-order valence-electron chi connectivity index (χ3n) is 2.02. The van der Waals surface area contributed by atoms with Gasteiger partial charge in [-0.1, -0.05) is 42.5 Å². The lowest BCUT2D eigenvalue weighted by Gasteiger charge is -1.94. The number of hydrogen-bond donors (Lipinski definition) is 2. The van der Waals surface area contributed by atoms with E-state index in [1.54, 1.807) is 6.08 Å². The maximum atomic E-state index is 10.9. The highest BCUT2D eigenvalue weighted by Gasteiger charge is 2.00. The van der Waals surface area contributed by atoms with Gasteiger partial charge in [-0.25, -0.2) is 9.59 Å². The Morgan fingerprint density at radius 1 is 1.00 bits per heavy atom. The number of allylic oxidation sites excluding steroid dienone is 2. The zero-order valence-corrected chi connectivity index (χ0v) is 9.48. The molecular weight excluding hydrogens is 232 g/mol. The van der Waals surface area contributed by atoms with Crippen LogP contribution in [-0.4, -0.2) is 22.2 Å². The molecule has 4 heteroatoms. The number of hydrogen-bond acceptors (Lipinski definition) is 2. The van der Waals surface area contributed by atoms with Gasteiger partial charge in [0.05, 0.1) is 5.57 Å². The van der Waals surface area contributed by atoms with Crippen LogP contribution in [0.2, 0.25) is 0 Å². The SMILES string of the molecule is O=C(O)C=CC=C(C=Cc1ccccc1)C(=O)O. The van der Waals surface area contributed by atoms with E-state index in [0.29, 0.717) is 0 Å². The van der Waals surface area contributed by atoms with Gasteiger partial charge in [0.25, 0.3) is 0 Å². The number of rotatable bonds is 5. The molecule has 0 heterocycles. The Morgan fingerprint density at radius 3 is 2.22 bits per heavy atom. The van der Waals surface area contributed by atoms with Crippen LogP contribution >= 0.6 is 0 Å². The first-order valence-corrected chi connectivity index (χ1v) is 5.17. The molecule has 18 heavy (non-hydrogen) atoms. The molecule has 0 atom stereocenters. The summed E-state index contributed by atoms with van der Waals surface area (Å²) >= 11 is 0. The van der Waals surface area contributed by atoms with Gasteiger partial charge in [-0.2, -0.15) is 0 Å². The molecule has 0 spiro atoms. The Labute approximate surface area is 104 Å². The van der Waals surface area contributed by atoms with Gasteiger partial charge in [-0.15, -0.1) is 0 Å². The average Bonchev–Trinajstić information content (AvgIpc) is 2.34. The van der Waals surface area contributed by atoms with Crippen molar-refractivity contribution in [1.29, 1.82) is 0 Å². The molecule has 92 valence electrons. The van der Waals surface area contributed by atoms with E-state index in [2.05, 4.69) is 0 Å². The first kappa shape index (κ1) is 13.4. The monoisotopic (exact) mass is 244 g/mol. The molecule has 0 aromatic heterocycles. The molecule has 2 N–H and O–H groups in total. The van der Waals surface area contributed by atoms with Gasteiger partial charge in [0.1, 0.15) is 0 Å². The molecule has 4 nitrogen and oxygen atoms in total. The average molecular weight is 244 g/mol. The summed E-state index contributed by atoms with van der Waals surface area (Å²) < 4.78 is 0. The Morgan fingerprint density at radius 2 is 1.67 bits per heavy atom. The first-order chi connectivity index (χ1) is 8.59.